The van der Waals surface area contributed by atoms with E-state index in [2.05, 4.69) is 0 Å². The quantitative estimate of drug-likeness (QED) is 0.381. The van der Waals surface area contributed by atoms with Crippen molar-refractivity contribution in [3.8, 4) is 0 Å². The van der Waals surface area contributed by atoms with Crippen LogP contribution in [0, 0.1) is 11.6 Å². The van der Waals surface area contributed by atoms with E-state index in [1.54, 1.807) is 0 Å². The van der Waals surface area contributed by atoms with Gasteiger partial charge in [0.2, 0.25) is 5.78 Å². The molecule has 0 amide bonds. The highest BCUT2D eigenvalue weighted by Crippen LogP contribution is 2.08. The van der Waals surface area contributed by atoms with Gasteiger partial charge in [-0.1, -0.05) is 0 Å². The molecule has 1 rings (SSSR count). The van der Waals surface area contributed by atoms with E-state index in [-0.39, 0.29) is 11.8 Å². The summed E-state index contributed by atoms with van der Waals surface area (Å²) in [4.78, 5) is 20.6. The summed E-state index contributed by atoms with van der Waals surface area (Å²) in [6, 6.07) is 2.54. The van der Waals surface area contributed by atoms with Gasteiger partial charge in [0.15, 0.2) is 17.9 Å². The first kappa shape index (κ1) is 8.52. The van der Waals surface area contributed by atoms with E-state index in [1.165, 1.54) is 0 Å². The minimum absolute atomic E-state index is 0.0483. The summed E-state index contributed by atoms with van der Waals surface area (Å²) in [6.07, 6.45) is 0.0483. The van der Waals surface area contributed by atoms with Gasteiger partial charge < -0.3 is 0 Å². The highest BCUT2D eigenvalue weighted by molar-refractivity contribution is 6.33. The second-order valence-electron chi connectivity index (χ2n) is 2.11. The van der Waals surface area contributed by atoms with Gasteiger partial charge in [0.1, 0.15) is 0 Å². The lowest BCUT2D eigenvalue weighted by Gasteiger charge is -1.94. The molecule has 0 aromatic heterocycles. The van der Waals surface area contributed by atoms with Gasteiger partial charge in [-0.2, -0.15) is 0 Å². The normalized spacial score (nSPS) is 9.50. The predicted molar refractivity (Wildman–Crippen MR) is 36.8 cm³/mol. The Kier molecular flexibility index (Phi) is 2.28. The molecule has 0 aliphatic carbocycles. The lowest BCUT2D eigenvalue weighted by Crippen LogP contribution is -2.00. The molecule has 1 aromatic carbocycles. The average molecular weight is 170 g/mol. The largest absolute Gasteiger partial charge is 0.294 e. The molecule has 0 spiro atoms. The summed E-state index contributed by atoms with van der Waals surface area (Å²) in [5, 5.41) is 0. The fourth-order valence-electron chi connectivity index (χ4n) is 0.717. The van der Waals surface area contributed by atoms with Crippen LogP contribution in [-0.2, 0) is 4.79 Å². The maximum atomic E-state index is 12.4. The van der Waals surface area contributed by atoms with Crippen LogP contribution in [0.15, 0.2) is 18.2 Å². The SMILES string of the molecule is O=CC(=O)c1ccc(F)c(F)c1. The fourth-order valence-corrected chi connectivity index (χ4v) is 0.717. The highest BCUT2D eigenvalue weighted by atomic mass is 19.2. The summed E-state index contributed by atoms with van der Waals surface area (Å²) in [6.45, 7) is 0. The lowest BCUT2D eigenvalue weighted by molar-refractivity contribution is -0.104. The van der Waals surface area contributed by atoms with Crippen molar-refractivity contribution in [2.24, 2.45) is 0 Å². The average Bonchev–Trinajstić information content (AvgIpc) is 2.08. The van der Waals surface area contributed by atoms with Crippen molar-refractivity contribution in [3.63, 3.8) is 0 Å². The summed E-state index contributed by atoms with van der Waals surface area (Å²) in [5.41, 5.74) is -0.149. The minimum Gasteiger partial charge on any atom is -0.294 e. The van der Waals surface area contributed by atoms with E-state index >= 15 is 0 Å². The Morgan fingerprint density at radius 2 is 1.92 bits per heavy atom. The highest BCUT2D eigenvalue weighted by Gasteiger charge is 2.07. The first-order chi connectivity index (χ1) is 5.65. The smallest absolute Gasteiger partial charge is 0.225 e. The molecule has 0 aliphatic rings. The van der Waals surface area contributed by atoms with Gasteiger partial charge in [-0.05, 0) is 18.2 Å². The molecule has 0 radical (unpaired) electrons. The van der Waals surface area contributed by atoms with Gasteiger partial charge in [0.05, 0.1) is 0 Å². The Balaban J connectivity index is 3.13. The molecule has 1 aromatic rings. The van der Waals surface area contributed by atoms with E-state index < -0.39 is 17.4 Å². The van der Waals surface area contributed by atoms with Crippen LogP contribution >= 0.6 is 0 Å². The molecule has 2 nitrogen and oxygen atoms in total. The predicted octanol–water partition coefficient (Wildman–Crippen LogP) is 1.35. The Hall–Kier alpha value is -1.58. The van der Waals surface area contributed by atoms with Gasteiger partial charge in [-0.15, -0.1) is 0 Å². The molecule has 0 saturated carbocycles. The molecule has 0 heterocycles. The summed E-state index contributed by atoms with van der Waals surface area (Å²) < 4.78 is 24.7. The third kappa shape index (κ3) is 1.53. The number of carbonyl (C=O) groups is 2. The van der Waals surface area contributed by atoms with Crippen LogP contribution in [-0.4, -0.2) is 12.1 Å². The van der Waals surface area contributed by atoms with E-state index in [4.69, 9.17) is 0 Å². The standard InChI is InChI=1S/C8H4F2O2/c9-6-2-1-5(3-7(6)10)8(12)4-11/h1-4H. The molecule has 12 heavy (non-hydrogen) atoms. The molecule has 0 atom stereocenters. The molecular formula is C8H4F2O2. The molecule has 0 fully saturated rings. The number of carbonyl (C=O) groups excluding carboxylic acids is 2. The number of hydrogen-bond acceptors (Lipinski definition) is 2. The molecule has 62 valence electrons. The van der Waals surface area contributed by atoms with Crippen LogP contribution in [0.2, 0.25) is 0 Å². The maximum Gasteiger partial charge on any atom is 0.225 e. The van der Waals surface area contributed by atoms with Crippen molar-refractivity contribution in [1.82, 2.24) is 0 Å². The summed E-state index contributed by atoms with van der Waals surface area (Å²) in [5.74, 6) is -3.05. The number of aldehydes is 1. The third-order valence-corrected chi connectivity index (χ3v) is 1.31. The zero-order chi connectivity index (χ0) is 9.14. The van der Waals surface area contributed by atoms with Gasteiger partial charge in [-0.25, -0.2) is 8.78 Å². The molecule has 0 aliphatic heterocycles. The van der Waals surface area contributed by atoms with E-state index in [1.807, 2.05) is 0 Å². The zero-order valence-electron chi connectivity index (χ0n) is 5.88. The Morgan fingerprint density at radius 1 is 1.25 bits per heavy atom. The molecular weight excluding hydrogens is 166 g/mol. The monoisotopic (exact) mass is 170 g/mol. The van der Waals surface area contributed by atoms with Crippen LogP contribution in [0.4, 0.5) is 8.78 Å². The van der Waals surface area contributed by atoms with Crippen LogP contribution in [0.5, 0.6) is 0 Å². The van der Waals surface area contributed by atoms with Gasteiger partial charge in [0, 0.05) is 5.56 Å². The molecule has 4 heteroatoms. The van der Waals surface area contributed by atoms with Crippen LogP contribution in [0.25, 0.3) is 0 Å². The Labute approximate surface area is 66.8 Å². The van der Waals surface area contributed by atoms with Crippen molar-refractivity contribution < 1.29 is 18.4 Å². The van der Waals surface area contributed by atoms with E-state index in [0.29, 0.717) is 6.07 Å². The Bertz CT molecular complexity index is 334. The number of benzene rings is 1. The molecule has 0 saturated heterocycles. The number of Topliss-reactive ketones (excluding diaryl/α,β-unsaturated/α-hetero) is 1. The molecule has 0 bridgehead atoms. The minimum atomic E-state index is -1.14. The van der Waals surface area contributed by atoms with Crippen molar-refractivity contribution in [1.29, 1.82) is 0 Å². The molecule has 0 N–H and O–H groups in total. The van der Waals surface area contributed by atoms with Gasteiger partial charge in [0.25, 0.3) is 0 Å². The van der Waals surface area contributed by atoms with Crippen LogP contribution < -0.4 is 0 Å². The second kappa shape index (κ2) is 3.21. The van der Waals surface area contributed by atoms with E-state index in [0.717, 1.165) is 12.1 Å². The van der Waals surface area contributed by atoms with E-state index in [9.17, 15) is 18.4 Å². The van der Waals surface area contributed by atoms with Crippen molar-refractivity contribution >= 4 is 12.1 Å². The van der Waals surface area contributed by atoms with Crippen molar-refractivity contribution in [3.05, 3.63) is 35.4 Å². The number of hydrogen-bond donors (Lipinski definition) is 0. The third-order valence-electron chi connectivity index (χ3n) is 1.31. The number of halogens is 2. The topological polar surface area (TPSA) is 34.1 Å². The first-order valence-electron chi connectivity index (χ1n) is 3.09. The summed E-state index contributed by atoms with van der Waals surface area (Å²) in [7, 11) is 0. The first-order valence-corrected chi connectivity index (χ1v) is 3.09. The van der Waals surface area contributed by atoms with Gasteiger partial charge in [-0.3, -0.25) is 9.59 Å². The fraction of sp³-hybridized carbons (Fsp3) is 0. The molecule has 0 unspecified atom stereocenters. The van der Waals surface area contributed by atoms with Crippen molar-refractivity contribution in [2.75, 3.05) is 0 Å². The lowest BCUT2D eigenvalue weighted by atomic mass is 10.1. The Morgan fingerprint density at radius 3 is 2.42 bits per heavy atom. The van der Waals surface area contributed by atoms with Crippen LogP contribution in [0.1, 0.15) is 10.4 Å². The second-order valence-corrected chi connectivity index (χ2v) is 2.11. The number of ketones is 1. The van der Waals surface area contributed by atoms with Crippen LogP contribution in [0.3, 0.4) is 0 Å². The van der Waals surface area contributed by atoms with Crippen molar-refractivity contribution in [2.45, 2.75) is 0 Å². The zero-order valence-corrected chi connectivity index (χ0v) is 5.88. The maximum absolute atomic E-state index is 12.4. The summed E-state index contributed by atoms with van der Waals surface area (Å²) >= 11 is 0. The number of rotatable bonds is 2. The van der Waals surface area contributed by atoms with Gasteiger partial charge >= 0.3 is 0 Å².